The Hall–Kier alpha value is -3.35. The summed E-state index contributed by atoms with van der Waals surface area (Å²) >= 11 is 5.81. The molecule has 2 atom stereocenters. The van der Waals surface area contributed by atoms with Crippen LogP contribution >= 0.6 is 11.6 Å². The monoisotopic (exact) mass is 455 g/mol. The van der Waals surface area contributed by atoms with E-state index in [-0.39, 0.29) is 29.0 Å². The second-order valence-electron chi connectivity index (χ2n) is 7.07. The molecule has 3 rings (SSSR count). The van der Waals surface area contributed by atoms with E-state index in [1.807, 2.05) is 25.1 Å². The van der Waals surface area contributed by atoms with Crippen LogP contribution in [-0.4, -0.2) is 29.2 Å². The van der Waals surface area contributed by atoms with Gasteiger partial charge in [-0.1, -0.05) is 54.1 Å². The summed E-state index contributed by atoms with van der Waals surface area (Å²) in [4.78, 5) is 23.0. The van der Waals surface area contributed by atoms with Crippen molar-refractivity contribution in [3.8, 4) is 5.75 Å². The second kappa shape index (κ2) is 11.9. The number of rotatable bonds is 6. The van der Waals surface area contributed by atoms with Crippen molar-refractivity contribution in [2.24, 2.45) is 0 Å². The van der Waals surface area contributed by atoms with Crippen molar-refractivity contribution in [2.75, 3.05) is 7.11 Å². The Morgan fingerprint density at radius 3 is 2.12 bits per heavy atom. The molecule has 0 aliphatic carbocycles. The van der Waals surface area contributed by atoms with Gasteiger partial charge in [0, 0.05) is 12.1 Å². The van der Waals surface area contributed by atoms with Gasteiger partial charge in [0.05, 0.1) is 23.3 Å². The molecule has 3 N–H and O–H groups in total. The summed E-state index contributed by atoms with van der Waals surface area (Å²) in [6, 6.07) is 20.2. The molecular formula is C25H26ClNO5. The fourth-order valence-electron chi connectivity index (χ4n) is 2.82. The van der Waals surface area contributed by atoms with Crippen LogP contribution in [0.3, 0.4) is 0 Å². The molecule has 0 spiro atoms. The highest BCUT2D eigenvalue weighted by molar-refractivity contribution is 6.31. The van der Waals surface area contributed by atoms with Crippen molar-refractivity contribution in [1.82, 2.24) is 5.32 Å². The third kappa shape index (κ3) is 7.11. The van der Waals surface area contributed by atoms with Crippen LogP contribution in [0.4, 0.5) is 0 Å². The van der Waals surface area contributed by atoms with Gasteiger partial charge in [0.15, 0.2) is 0 Å². The van der Waals surface area contributed by atoms with Gasteiger partial charge in [-0.3, -0.25) is 4.79 Å². The molecule has 0 heterocycles. The summed E-state index contributed by atoms with van der Waals surface area (Å²) in [6.07, 6.45) is 0.209. The molecule has 32 heavy (non-hydrogen) atoms. The minimum atomic E-state index is -1.01. The summed E-state index contributed by atoms with van der Waals surface area (Å²) in [5, 5.41) is 21.6. The highest BCUT2D eigenvalue weighted by Gasteiger charge is 2.15. The Morgan fingerprint density at radius 2 is 1.56 bits per heavy atom. The van der Waals surface area contributed by atoms with Gasteiger partial charge in [-0.25, -0.2) is 4.79 Å². The van der Waals surface area contributed by atoms with E-state index in [0.717, 1.165) is 5.56 Å². The van der Waals surface area contributed by atoms with Gasteiger partial charge in [0.25, 0.3) is 5.91 Å². The number of amides is 1. The number of halogens is 1. The van der Waals surface area contributed by atoms with Crippen molar-refractivity contribution in [1.29, 1.82) is 0 Å². The largest absolute Gasteiger partial charge is 0.507 e. The molecule has 0 radical (unpaired) electrons. The fourth-order valence-corrected chi connectivity index (χ4v) is 2.99. The van der Waals surface area contributed by atoms with E-state index in [0.29, 0.717) is 5.02 Å². The highest BCUT2D eigenvalue weighted by atomic mass is 35.5. The van der Waals surface area contributed by atoms with E-state index in [9.17, 15) is 14.7 Å². The first-order valence-electron chi connectivity index (χ1n) is 9.93. The highest BCUT2D eigenvalue weighted by Crippen LogP contribution is 2.22. The van der Waals surface area contributed by atoms with Crippen molar-refractivity contribution >= 4 is 23.5 Å². The molecule has 168 valence electrons. The van der Waals surface area contributed by atoms with Crippen LogP contribution in [0.25, 0.3) is 0 Å². The number of nitrogens with one attached hydrogen (secondary N) is 1. The number of aromatic carboxylic acids is 1. The molecule has 0 bridgehead atoms. The van der Waals surface area contributed by atoms with Gasteiger partial charge in [0.2, 0.25) is 0 Å². The molecule has 0 saturated carbocycles. The molecule has 1 amide bonds. The third-order valence-corrected chi connectivity index (χ3v) is 5.07. The molecule has 3 aromatic carbocycles. The molecule has 0 aromatic heterocycles. The lowest BCUT2D eigenvalue weighted by atomic mass is 10.1. The van der Waals surface area contributed by atoms with Gasteiger partial charge in [-0.2, -0.15) is 0 Å². The quantitative estimate of drug-likeness (QED) is 0.447. The van der Waals surface area contributed by atoms with Crippen LogP contribution in [0.5, 0.6) is 5.75 Å². The number of carbonyl (C=O) groups is 2. The number of methoxy groups -OCH3 is 1. The van der Waals surface area contributed by atoms with Crippen LogP contribution in [0, 0.1) is 0 Å². The third-order valence-electron chi connectivity index (χ3n) is 4.83. The van der Waals surface area contributed by atoms with Gasteiger partial charge < -0.3 is 20.3 Å². The lowest BCUT2D eigenvalue weighted by Gasteiger charge is -2.15. The average molecular weight is 456 g/mol. The summed E-state index contributed by atoms with van der Waals surface area (Å²) in [6.45, 7) is 3.80. The Morgan fingerprint density at radius 1 is 0.938 bits per heavy atom. The van der Waals surface area contributed by atoms with Gasteiger partial charge in [-0.05, 0) is 55.3 Å². The average Bonchev–Trinajstić information content (AvgIpc) is 2.81. The van der Waals surface area contributed by atoms with Crippen molar-refractivity contribution in [2.45, 2.75) is 26.0 Å². The molecule has 7 heteroatoms. The zero-order chi connectivity index (χ0) is 23.7. The number of phenolic OH excluding ortho intramolecular Hbond substituents is 1. The summed E-state index contributed by atoms with van der Waals surface area (Å²) < 4.78 is 5.14. The first-order chi connectivity index (χ1) is 15.2. The topological polar surface area (TPSA) is 95.9 Å². The standard InChI is InChI=1S/C16H14ClNO4.C9H12O/c1-9(10-2-4-11(5-3-10)16(21)22)18-15(20)13-8-12(17)6-7-14(13)19;1-8(10-2)9-6-4-3-5-7-9/h2-9,19H,1H3,(H,18,20)(H,21,22);3-8H,1-2H3. The van der Waals surface area contributed by atoms with E-state index in [4.69, 9.17) is 21.4 Å². The number of benzene rings is 3. The van der Waals surface area contributed by atoms with E-state index in [1.165, 1.54) is 35.9 Å². The Kier molecular flexibility index (Phi) is 9.25. The maximum Gasteiger partial charge on any atom is 0.335 e. The Bertz CT molecular complexity index is 1040. The zero-order valence-electron chi connectivity index (χ0n) is 18.1. The minimum Gasteiger partial charge on any atom is -0.507 e. The van der Waals surface area contributed by atoms with Crippen LogP contribution in [-0.2, 0) is 4.74 Å². The molecular weight excluding hydrogens is 430 g/mol. The summed E-state index contributed by atoms with van der Waals surface area (Å²) in [5.74, 6) is -1.63. The van der Waals surface area contributed by atoms with Crippen molar-refractivity contribution < 1.29 is 24.5 Å². The van der Waals surface area contributed by atoms with Crippen LogP contribution < -0.4 is 5.32 Å². The van der Waals surface area contributed by atoms with Crippen molar-refractivity contribution in [3.05, 3.63) is 100 Å². The van der Waals surface area contributed by atoms with Crippen LogP contribution in [0.2, 0.25) is 5.02 Å². The van der Waals surface area contributed by atoms with Crippen molar-refractivity contribution in [3.63, 3.8) is 0 Å². The normalized spacial score (nSPS) is 12.1. The fraction of sp³-hybridized carbons (Fsp3) is 0.200. The van der Waals surface area contributed by atoms with E-state index in [1.54, 1.807) is 26.2 Å². The van der Waals surface area contributed by atoms with Gasteiger partial charge in [-0.15, -0.1) is 0 Å². The predicted octanol–water partition coefficient (Wildman–Crippen LogP) is 5.63. The molecule has 0 fully saturated rings. The number of aromatic hydroxyl groups is 1. The molecule has 0 saturated heterocycles. The van der Waals surface area contributed by atoms with E-state index < -0.39 is 11.9 Å². The van der Waals surface area contributed by atoms with E-state index in [2.05, 4.69) is 17.4 Å². The lowest BCUT2D eigenvalue weighted by Crippen LogP contribution is -2.26. The Labute approximate surface area is 192 Å². The first kappa shape index (κ1) is 24.9. The van der Waals surface area contributed by atoms with E-state index >= 15 is 0 Å². The lowest BCUT2D eigenvalue weighted by molar-refractivity contribution is 0.0696. The van der Waals surface area contributed by atoms with Gasteiger partial charge in [0.1, 0.15) is 5.75 Å². The molecule has 2 unspecified atom stereocenters. The number of carboxylic acid groups (broad SMARTS) is 1. The maximum absolute atomic E-state index is 12.2. The summed E-state index contributed by atoms with van der Waals surface area (Å²) in [7, 11) is 1.72. The van der Waals surface area contributed by atoms with Crippen LogP contribution in [0.15, 0.2) is 72.8 Å². The predicted molar refractivity (Wildman–Crippen MR) is 124 cm³/mol. The number of hydrogen-bond acceptors (Lipinski definition) is 4. The molecule has 0 aliphatic heterocycles. The number of phenols is 1. The Balaban J connectivity index is 0.000000303. The smallest absolute Gasteiger partial charge is 0.335 e. The SMILES string of the molecule is CC(NC(=O)c1cc(Cl)ccc1O)c1ccc(C(=O)O)cc1.COC(C)c1ccccc1. The number of hydrogen-bond donors (Lipinski definition) is 3. The second-order valence-corrected chi connectivity index (χ2v) is 7.51. The zero-order valence-corrected chi connectivity index (χ0v) is 18.8. The summed E-state index contributed by atoms with van der Waals surface area (Å²) in [5.41, 5.74) is 2.24. The maximum atomic E-state index is 12.2. The number of carbonyl (C=O) groups excluding carboxylic acids is 1. The number of carboxylic acids is 1. The molecule has 0 aliphatic rings. The molecule has 3 aromatic rings. The first-order valence-corrected chi connectivity index (χ1v) is 10.3. The number of ether oxygens (including phenoxy) is 1. The minimum absolute atomic E-state index is 0.0847. The van der Waals surface area contributed by atoms with Gasteiger partial charge >= 0.3 is 5.97 Å². The van der Waals surface area contributed by atoms with Crippen LogP contribution in [0.1, 0.15) is 57.8 Å². The molecule has 6 nitrogen and oxygen atoms in total.